The van der Waals surface area contributed by atoms with E-state index in [0.717, 1.165) is 22.4 Å². The van der Waals surface area contributed by atoms with Crippen LogP contribution in [0.1, 0.15) is 28.5 Å². The quantitative estimate of drug-likeness (QED) is 0.287. The Morgan fingerprint density at radius 2 is 1.62 bits per heavy atom. The molecule has 0 N–H and O–H groups in total. The molecule has 1 aliphatic carbocycles. The van der Waals surface area contributed by atoms with Gasteiger partial charge in [-0.3, -0.25) is 14.9 Å². The van der Waals surface area contributed by atoms with Crippen LogP contribution in [0.15, 0.2) is 91.0 Å². The van der Waals surface area contributed by atoms with E-state index in [1.807, 2.05) is 59.5 Å². The van der Waals surface area contributed by atoms with Gasteiger partial charge in [-0.1, -0.05) is 66.7 Å². The molecule has 6 heteroatoms. The maximum atomic E-state index is 13.8. The smallest absolute Gasteiger partial charge is 0.269 e. The van der Waals surface area contributed by atoms with E-state index in [4.69, 9.17) is 4.74 Å². The van der Waals surface area contributed by atoms with Crippen molar-refractivity contribution >= 4 is 11.6 Å². The summed E-state index contributed by atoms with van der Waals surface area (Å²) in [6.07, 6.45) is 4.41. The molecule has 2 aliphatic rings. The van der Waals surface area contributed by atoms with Crippen LogP contribution in [0.4, 0.5) is 5.69 Å². The Morgan fingerprint density at radius 1 is 0.912 bits per heavy atom. The van der Waals surface area contributed by atoms with Crippen LogP contribution in [0, 0.1) is 22.0 Å². The molecule has 6 nitrogen and oxygen atoms in total. The van der Waals surface area contributed by atoms with E-state index >= 15 is 0 Å². The number of fused-ring (bicyclic) bond motifs is 1. The lowest BCUT2D eigenvalue weighted by atomic mass is 9.66. The maximum Gasteiger partial charge on any atom is 0.269 e. The standard InChI is InChI=1S/C28H26N2O4/c1-34-24-14-7-19(8-15-24)17-29-18-22-11-16-25(20-5-3-2-4-6-20)26(27(22)28(29)31)21-9-12-23(13-10-21)30(32)33/h2-16,22,25-27H,17-18H2,1H3/t22-,25+,26+,27+/m1/s1. The van der Waals surface area contributed by atoms with Crippen LogP contribution in [-0.4, -0.2) is 29.4 Å². The zero-order chi connectivity index (χ0) is 23.7. The van der Waals surface area contributed by atoms with E-state index in [0.29, 0.717) is 13.1 Å². The number of rotatable bonds is 6. The predicted octanol–water partition coefficient (Wildman–Crippen LogP) is 5.32. The molecule has 0 aromatic heterocycles. The van der Waals surface area contributed by atoms with Crippen molar-refractivity contribution in [1.29, 1.82) is 0 Å². The largest absolute Gasteiger partial charge is 0.497 e. The van der Waals surface area contributed by atoms with Crippen LogP contribution in [0.2, 0.25) is 0 Å². The summed E-state index contributed by atoms with van der Waals surface area (Å²) in [6.45, 7) is 1.21. The maximum absolute atomic E-state index is 13.8. The van der Waals surface area contributed by atoms with Crippen LogP contribution in [0.3, 0.4) is 0 Å². The molecular weight excluding hydrogens is 428 g/mol. The highest BCUT2D eigenvalue weighted by atomic mass is 16.6. The summed E-state index contributed by atoms with van der Waals surface area (Å²) in [5.41, 5.74) is 3.21. The second-order valence-electron chi connectivity index (χ2n) is 8.95. The normalized spacial score (nSPS) is 23.6. The molecule has 1 saturated heterocycles. The average Bonchev–Trinajstić information content (AvgIpc) is 3.19. The fraction of sp³-hybridized carbons (Fsp3) is 0.250. The first-order valence-corrected chi connectivity index (χ1v) is 11.4. The SMILES string of the molecule is COc1ccc(CN2C[C@H]3C=C[C@@H](c4ccccc4)[C@H](c4ccc([N+](=O)[O-])cc4)[C@H]3C2=O)cc1. The Bertz CT molecular complexity index is 1210. The van der Waals surface area contributed by atoms with Gasteiger partial charge in [0.2, 0.25) is 5.91 Å². The summed E-state index contributed by atoms with van der Waals surface area (Å²) < 4.78 is 5.25. The minimum atomic E-state index is -0.390. The molecule has 1 fully saturated rings. The molecule has 0 spiro atoms. The summed E-state index contributed by atoms with van der Waals surface area (Å²) in [4.78, 5) is 26.5. The number of methoxy groups -OCH3 is 1. The molecule has 3 aromatic carbocycles. The topological polar surface area (TPSA) is 72.7 Å². The van der Waals surface area contributed by atoms with Gasteiger partial charge in [0.05, 0.1) is 18.0 Å². The number of hydrogen-bond acceptors (Lipinski definition) is 4. The first-order valence-electron chi connectivity index (χ1n) is 11.4. The highest BCUT2D eigenvalue weighted by Crippen LogP contribution is 2.50. The Kier molecular flexibility index (Phi) is 5.88. The van der Waals surface area contributed by atoms with Crippen LogP contribution in [0.25, 0.3) is 0 Å². The third kappa shape index (κ3) is 4.07. The zero-order valence-electron chi connectivity index (χ0n) is 18.9. The van der Waals surface area contributed by atoms with Crippen molar-refractivity contribution < 1.29 is 14.5 Å². The molecular formula is C28H26N2O4. The molecule has 1 heterocycles. The number of benzene rings is 3. The fourth-order valence-corrected chi connectivity index (χ4v) is 5.38. The van der Waals surface area contributed by atoms with E-state index in [1.54, 1.807) is 19.2 Å². The van der Waals surface area contributed by atoms with Crippen molar-refractivity contribution in [3.63, 3.8) is 0 Å². The molecule has 0 saturated carbocycles. The van der Waals surface area contributed by atoms with Crippen LogP contribution < -0.4 is 4.74 Å². The fourth-order valence-electron chi connectivity index (χ4n) is 5.38. The highest BCUT2D eigenvalue weighted by molar-refractivity contribution is 5.83. The predicted molar refractivity (Wildman–Crippen MR) is 130 cm³/mol. The minimum Gasteiger partial charge on any atom is -0.497 e. The van der Waals surface area contributed by atoms with Gasteiger partial charge in [0, 0.05) is 43.0 Å². The first kappa shape index (κ1) is 21.9. The number of allylic oxidation sites excluding steroid dienone is 1. The number of hydrogen-bond donors (Lipinski definition) is 0. The van der Waals surface area contributed by atoms with Gasteiger partial charge in [0.1, 0.15) is 5.75 Å². The molecule has 1 aliphatic heterocycles. The minimum absolute atomic E-state index is 0.0220. The van der Waals surface area contributed by atoms with Gasteiger partial charge in [-0.25, -0.2) is 0 Å². The Balaban J connectivity index is 1.48. The van der Waals surface area contributed by atoms with Crippen LogP contribution in [0.5, 0.6) is 5.75 Å². The van der Waals surface area contributed by atoms with Crippen molar-refractivity contribution in [2.24, 2.45) is 11.8 Å². The third-order valence-electron chi connectivity index (χ3n) is 7.03. The summed E-state index contributed by atoms with van der Waals surface area (Å²) >= 11 is 0. The zero-order valence-corrected chi connectivity index (χ0v) is 18.9. The van der Waals surface area contributed by atoms with Gasteiger partial charge in [-0.05, 0) is 28.8 Å². The number of non-ortho nitro benzene ring substituents is 1. The van der Waals surface area contributed by atoms with Crippen LogP contribution in [-0.2, 0) is 11.3 Å². The van der Waals surface area contributed by atoms with Crippen molar-refractivity contribution in [3.05, 3.63) is 118 Å². The number of nitro groups is 1. The van der Waals surface area contributed by atoms with E-state index in [-0.39, 0.29) is 40.2 Å². The van der Waals surface area contributed by atoms with Gasteiger partial charge in [-0.2, -0.15) is 0 Å². The average molecular weight is 455 g/mol. The number of nitrogens with zero attached hydrogens (tertiary/aromatic N) is 2. The van der Waals surface area contributed by atoms with Crippen molar-refractivity contribution in [2.75, 3.05) is 13.7 Å². The molecule has 4 atom stereocenters. The molecule has 34 heavy (non-hydrogen) atoms. The number of carbonyl (C=O) groups excluding carboxylic acids is 1. The van der Waals surface area contributed by atoms with E-state index in [1.165, 1.54) is 0 Å². The summed E-state index contributed by atoms with van der Waals surface area (Å²) in [7, 11) is 1.64. The lowest BCUT2D eigenvalue weighted by molar-refractivity contribution is -0.384. The second kappa shape index (κ2) is 9.14. The number of amides is 1. The number of nitro benzene ring substituents is 1. The van der Waals surface area contributed by atoms with Gasteiger partial charge < -0.3 is 9.64 Å². The summed E-state index contributed by atoms with van der Waals surface area (Å²) in [5.74, 6) is 0.743. The Labute approximate surface area is 198 Å². The molecule has 3 aromatic rings. The lowest BCUT2D eigenvalue weighted by Gasteiger charge is -2.35. The van der Waals surface area contributed by atoms with Gasteiger partial charge in [-0.15, -0.1) is 0 Å². The van der Waals surface area contributed by atoms with Crippen molar-refractivity contribution in [1.82, 2.24) is 4.90 Å². The van der Waals surface area contributed by atoms with Gasteiger partial charge in [0.15, 0.2) is 0 Å². The van der Waals surface area contributed by atoms with Gasteiger partial charge >= 0.3 is 0 Å². The Hall–Kier alpha value is -3.93. The second-order valence-corrected chi connectivity index (χ2v) is 8.95. The first-order chi connectivity index (χ1) is 16.5. The molecule has 172 valence electrons. The lowest BCUT2D eigenvalue weighted by Crippen LogP contribution is -2.33. The van der Waals surface area contributed by atoms with E-state index < -0.39 is 0 Å². The number of carbonyl (C=O) groups is 1. The summed E-state index contributed by atoms with van der Waals surface area (Å²) in [5, 5.41) is 11.2. The third-order valence-corrected chi connectivity index (χ3v) is 7.03. The summed E-state index contributed by atoms with van der Waals surface area (Å²) in [6, 6.07) is 24.7. The molecule has 0 radical (unpaired) electrons. The highest BCUT2D eigenvalue weighted by Gasteiger charge is 2.48. The molecule has 1 amide bonds. The van der Waals surface area contributed by atoms with E-state index in [9.17, 15) is 14.9 Å². The Morgan fingerprint density at radius 3 is 2.26 bits per heavy atom. The van der Waals surface area contributed by atoms with Gasteiger partial charge in [0.25, 0.3) is 5.69 Å². The number of ether oxygens (including phenoxy) is 1. The molecule has 5 rings (SSSR count). The van der Waals surface area contributed by atoms with Crippen molar-refractivity contribution in [3.8, 4) is 5.75 Å². The molecule has 0 unspecified atom stereocenters. The van der Waals surface area contributed by atoms with Crippen molar-refractivity contribution in [2.45, 2.75) is 18.4 Å². The van der Waals surface area contributed by atoms with Crippen LogP contribution >= 0.6 is 0 Å². The monoisotopic (exact) mass is 454 g/mol. The number of likely N-dealkylation sites (tertiary alicyclic amines) is 1. The van der Waals surface area contributed by atoms with E-state index in [2.05, 4.69) is 24.3 Å². The molecule has 0 bridgehead atoms.